The van der Waals surface area contributed by atoms with Gasteiger partial charge < -0.3 is 24.8 Å². The number of carbonyl (C=O) groups is 1. The topological polar surface area (TPSA) is 96.2 Å². The number of phenols is 2. The average molecular weight is 330 g/mol. The highest BCUT2D eigenvalue weighted by Crippen LogP contribution is 2.42. The molecule has 0 spiro atoms. The van der Waals surface area contributed by atoms with Gasteiger partial charge in [-0.25, -0.2) is 0 Å². The highest BCUT2D eigenvalue weighted by molar-refractivity contribution is 6.08. The molecule has 3 rings (SSSR count). The first-order valence-corrected chi connectivity index (χ1v) is 7.44. The van der Waals surface area contributed by atoms with Gasteiger partial charge in [0.2, 0.25) is 5.78 Å². The Morgan fingerprint density at radius 1 is 1.25 bits per heavy atom. The van der Waals surface area contributed by atoms with Crippen LogP contribution >= 0.6 is 0 Å². The number of carbonyl (C=O) groups excluding carboxylic acids is 1. The number of methoxy groups -OCH3 is 1. The van der Waals surface area contributed by atoms with E-state index in [2.05, 4.69) is 0 Å². The van der Waals surface area contributed by atoms with Gasteiger partial charge in [-0.05, 0) is 24.6 Å². The van der Waals surface area contributed by atoms with Crippen molar-refractivity contribution < 1.29 is 29.6 Å². The molecule has 126 valence electrons. The largest absolute Gasteiger partial charge is 0.507 e. The van der Waals surface area contributed by atoms with Gasteiger partial charge in [-0.15, -0.1) is 0 Å². The lowest BCUT2D eigenvalue weighted by atomic mass is 9.84. The Kier molecular flexibility index (Phi) is 3.85. The van der Waals surface area contributed by atoms with Gasteiger partial charge in [-0.3, -0.25) is 4.79 Å². The van der Waals surface area contributed by atoms with Crippen molar-refractivity contribution >= 4 is 5.78 Å². The summed E-state index contributed by atoms with van der Waals surface area (Å²) in [6, 6.07) is 8.25. The summed E-state index contributed by atoms with van der Waals surface area (Å²) in [4.78, 5) is 12.8. The minimum Gasteiger partial charge on any atom is -0.507 e. The molecule has 0 amide bonds. The number of fused-ring (bicyclic) bond motifs is 1. The molecular weight excluding hydrogens is 312 g/mol. The molecule has 6 nitrogen and oxygen atoms in total. The molecule has 1 aliphatic heterocycles. The molecule has 24 heavy (non-hydrogen) atoms. The smallest absolute Gasteiger partial charge is 0.205 e. The quantitative estimate of drug-likeness (QED) is 0.796. The van der Waals surface area contributed by atoms with Gasteiger partial charge in [0.25, 0.3) is 0 Å². The van der Waals surface area contributed by atoms with Gasteiger partial charge in [0.15, 0.2) is 5.60 Å². The molecule has 0 aromatic heterocycles. The second kappa shape index (κ2) is 5.72. The summed E-state index contributed by atoms with van der Waals surface area (Å²) in [5.41, 5.74) is -0.997. The third-order valence-corrected chi connectivity index (χ3v) is 4.26. The van der Waals surface area contributed by atoms with Crippen LogP contribution in [0.3, 0.4) is 0 Å². The normalized spacial score (nSPS) is 19.5. The molecule has 1 heterocycles. The molecule has 2 aromatic carbocycles. The number of ketones is 1. The number of rotatable bonds is 3. The van der Waals surface area contributed by atoms with Crippen LogP contribution in [0.25, 0.3) is 0 Å². The first-order valence-electron chi connectivity index (χ1n) is 7.44. The number of ether oxygens (including phenoxy) is 2. The van der Waals surface area contributed by atoms with Crippen molar-refractivity contribution in [2.45, 2.75) is 18.9 Å². The highest BCUT2D eigenvalue weighted by atomic mass is 16.5. The van der Waals surface area contributed by atoms with E-state index in [-0.39, 0.29) is 41.4 Å². The molecule has 0 fully saturated rings. The molecule has 0 aliphatic carbocycles. The average Bonchev–Trinajstić information content (AvgIpc) is 2.57. The van der Waals surface area contributed by atoms with E-state index in [1.54, 1.807) is 31.4 Å². The van der Waals surface area contributed by atoms with Gasteiger partial charge >= 0.3 is 0 Å². The Morgan fingerprint density at radius 2 is 1.92 bits per heavy atom. The van der Waals surface area contributed by atoms with Crippen LogP contribution in [0.1, 0.15) is 21.5 Å². The second-order valence-corrected chi connectivity index (χ2v) is 5.92. The van der Waals surface area contributed by atoms with Crippen LogP contribution in [0.5, 0.6) is 23.0 Å². The van der Waals surface area contributed by atoms with E-state index >= 15 is 0 Å². The van der Waals surface area contributed by atoms with Gasteiger partial charge in [0.05, 0.1) is 7.11 Å². The predicted octanol–water partition coefficient (Wildman–Crippen LogP) is 1.96. The molecule has 2 aromatic rings. The van der Waals surface area contributed by atoms with Crippen molar-refractivity contribution in [2.75, 3.05) is 13.7 Å². The second-order valence-electron chi connectivity index (χ2n) is 5.92. The number of hydrogen-bond donors (Lipinski definition) is 3. The lowest BCUT2D eigenvalue weighted by Crippen LogP contribution is -2.49. The first-order chi connectivity index (χ1) is 11.4. The van der Waals surface area contributed by atoms with Crippen LogP contribution < -0.4 is 9.47 Å². The fourth-order valence-corrected chi connectivity index (χ4v) is 2.77. The van der Waals surface area contributed by atoms with Crippen LogP contribution in [-0.4, -0.2) is 40.4 Å². The maximum Gasteiger partial charge on any atom is 0.205 e. The molecule has 3 N–H and O–H groups in total. The van der Waals surface area contributed by atoms with Gasteiger partial charge in [0, 0.05) is 18.1 Å². The first kappa shape index (κ1) is 16.1. The zero-order valence-corrected chi connectivity index (χ0v) is 13.4. The van der Waals surface area contributed by atoms with Gasteiger partial charge in [0.1, 0.15) is 35.2 Å². The molecule has 0 bridgehead atoms. The van der Waals surface area contributed by atoms with Crippen molar-refractivity contribution in [3.8, 4) is 23.0 Å². The van der Waals surface area contributed by atoms with Crippen molar-refractivity contribution in [3.05, 3.63) is 47.0 Å². The van der Waals surface area contributed by atoms with E-state index in [9.17, 15) is 20.1 Å². The molecule has 0 radical (unpaired) electrons. The molecule has 0 unspecified atom stereocenters. The summed E-state index contributed by atoms with van der Waals surface area (Å²) in [5, 5.41) is 30.7. The van der Waals surface area contributed by atoms with Crippen molar-refractivity contribution in [1.82, 2.24) is 0 Å². The maximum absolute atomic E-state index is 12.8. The Hall–Kier alpha value is -2.73. The van der Waals surface area contributed by atoms with Crippen LogP contribution in [0.15, 0.2) is 30.3 Å². The van der Waals surface area contributed by atoms with E-state index in [1.807, 2.05) is 0 Å². The summed E-state index contributed by atoms with van der Waals surface area (Å²) >= 11 is 0. The number of phenolic OH excluding ortho intramolecular Hbond substituents is 2. The number of benzene rings is 2. The number of aliphatic hydroxyl groups is 1. The fraction of sp³-hybridized carbons (Fsp3) is 0.278. The maximum atomic E-state index is 12.8. The third-order valence-electron chi connectivity index (χ3n) is 4.26. The van der Waals surface area contributed by atoms with Crippen LogP contribution in [0.4, 0.5) is 0 Å². The summed E-state index contributed by atoms with van der Waals surface area (Å²) in [6.45, 7) is 1.22. The zero-order chi connectivity index (χ0) is 17.5. The van der Waals surface area contributed by atoms with Crippen LogP contribution in [0, 0.1) is 6.92 Å². The minimum atomic E-state index is -1.79. The Morgan fingerprint density at radius 3 is 2.54 bits per heavy atom. The lowest BCUT2D eigenvalue weighted by Gasteiger charge is -2.32. The Bertz CT molecular complexity index is 796. The van der Waals surface area contributed by atoms with Crippen molar-refractivity contribution in [3.63, 3.8) is 0 Å². The zero-order valence-electron chi connectivity index (χ0n) is 13.4. The standard InChI is InChI=1S/C18H18O6/c1-10-13(19)7-14-15(16(10)20)17(21)18(22,9-24-14)8-11-3-5-12(23-2)6-4-11/h3-7,19-20,22H,8-9H2,1-2H3/t18-/m1/s1. The van der Waals surface area contributed by atoms with Gasteiger partial charge in [-0.1, -0.05) is 12.1 Å². The van der Waals surface area contributed by atoms with Crippen molar-refractivity contribution in [2.24, 2.45) is 0 Å². The molecule has 1 aliphatic rings. The van der Waals surface area contributed by atoms with Crippen molar-refractivity contribution in [1.29, 1.82) is 0 Å². The number of Topliss-reactive ketones (excluding diaryl/α,β-unsaturated/α-hetero) is 1. The third kappa shape index (κ3) is 2.55. The minimum absolute atomic E-state index is 0.0363. The molecule has 0 saturated carbocycles. The monoisotopic (exact) mass is 330 g/mol. The highest BCUT2D eigenvalue weighted by Gasteiger charge is 2.44. The Balaban J connectivity index is 1.95. The Labute approximate surface area is 138 Å². The number of aromatic hydroxyl groups is 2. The molecular formula is C18H18O6. The summed E-state index contributed by atoms with van der Waals surface area (Å²) in [5.74, 6) is -0.422. The molecule has 6 heteroatoms. The van der Waals surface area contributed by atoms with Crippen LogP contribution in [-0.2, 0) is 6.42 Å². The molecule has 0 saturated heterocycles. The van der Waals surface area contributed by atoms with E-state index in [0.717, 1.165) is 5.56 Å². The van der Waals surface area contributed by atoms with E-state index in [4.69, 9.17) is 9.47 Å². The molecule has 1 atom stereocenters. The van der Waals surface area contributed by atoms with E-state index in [1.165, 1.54) is 13.0 Å². The van der Waals surface area contributed by atoms with E-state index < -0.39 is 11.4 Å². The predicted molar refractivity (Wildman–Crippen MR) is 86.0 cm³/mol. The summed E-state index contributed by atoms with van der Waals surface area (Å²) in [7, 11) is 1.55. The SMILES string of the molecule is COc1ccc(C[C@@]2(O)COc3cc(O)c(C)c(O)c3C2=O)cc1. The number of hydrogen-bond acceptors (Lipinski definition) is 6. The van der Waals surface area contributed by atoms with Crippen LogP contribution in [0.2, 0.25) is 0 Å². The lowest BCUT2D eigenvalue weighted by molar-refractivity contribution is -0.00242. The summed E-state index contributed by atoms with van der Waals surface area (Å²) in [6.07, 6.45) is 0.0363. The fourth-order valence-electron chi connectivity index (χ4n) is 2.77. The van der Waals surface area contributed by atoms with E-state index in [0.29, 0.717) is 5.75 Å². The van der Waals surface area contributed by atoms with Gasteiger partial charge in [-0.2, -0.15) is 0 Å². The summed E-state index contributed by atoms with van der Waals surface area (Å²) < 4.78 is 10.5.